The summed E-state index contributed by atoms with van der Waals surface area (Å²) in [4.78, 5) is 13.9. The van der Waals surface area contributed by atoms with E-state index in [4.69, 9.17) is 10.00 Å². The Morgan fingerprint density at radius 3 is 2.71 bits per heavy atom. The predicted octanol–water partition coefficient (Wildman–Crippen LogP) is 1.71. The number of nitriles is 1. The smallest absolute Gasteiger partial charge is 0.242 e. The van der Waals surface area contributed by atoms with Crippen LogP contribution in [0.25, 0.3) is 0 Å². The van der Waals surface area contributed by atoms with Gasteiger partial charge in [0.15, 0.2) is 0 Å². The molecule has 0 spiro atoms. The maximum absolute atomic E-state index is 12.2. The molecule has 1 amide bonds. The normalized spacial score (nSPS) is 26.7. The molecule has 0 bridgehead atoms. The molecule has 1 heterocycles. The Hall–Kier alpha value is -1.08. The molecule has 0 aromatic rings. The molecule has 2 fully saturated rings. The highest BCUT2D eigenvalue weighted by Gasteiger charge is 2.46. The first-order valence-corrected chi connectivity index (χ1v) is 6.46. The molecular weight excluding hydrogens is 216 g/mol. The van der Waals surface area contributed by atoms with Gasteiger partial charge >= 0.3 is 0 Å². The van der Waals surface area contributed by atoms with Crippen LogP contribution in [0.3, 0.4) is 0 Å². The van der Waals surface area contributed by atoms with Gasteiger partial charge in [-0.15, -0.1) is 0 Å². The minimum atomic E-state index is -0.719. The van der Waals surface area contributed by atoms with Gasteiger partial charge < -0.3 is 9.64 Å². The molecule has 0 radical (unpaired) electrons. The lowest BCUT2D eigenvalue weighted by atomic mass is 9.69. The average Bonchev–Trinajstić information content (AvgIpc) is 2.29. The first kappa shape index (κ1) is 12.4. The number of amides is 1. The largest absolute Gasteiger partial charge is 0.376 e. The zero-order valence-electron chi connectivity index (χ0n) is 10.4. The molecule has 94 valence electrons. The van der Waals surface area contributed by atoms with E-state index < -0.39 is 5.41 Å². The van der Waals surface area contributed by atoms with E-state index in [0.717, 1.165) is 38.7 Å². The second kappa shape index (κ2) is 5.05. The summed E-state index contributed by atoms with van der Waals surface area (Å²) in [5.41, 5.74) is -0.719. The van der Waals surface area contributed by atoms with Crippen LogP contribution in [-0.4, -0.2) is 37.1 Å². The average molecular weight is 236 g/mol. The number of nitrogens with zero attached hydrogens (tertiary/aromatic N) is 2. The van der Waals surface area contributed by atoms with Crippen LogP contribution < -0.4 is 0 Å². The fourth-order valence-electron chi connectivity index (χ4n) is 2.61. The van der Waals surface area contributed by atoms with Crippen LogP contribution >= 0.6 is 0 Å². The molecule has 1 saturated heterocycles. The van der Waals surface area contributed by atoms with Crippen LogP contribution in [0.15, 0.2) is 0 Å². The molecule has 0 aromatic carbocycles. The molecule has 2 rings (SSSR count). The third-order valence-corrected chi connectivity index (χ3v) is 3.93. The molecule has 0 aromatic heterocycles. The van der Waals surface area contributed by atoms with Crippen LogP contribution in [0.4, 0.5) is 0 Å². The van der Waals surface area contributed by atoms with Crippen molar-refractivity contribution < 1.29 is 9.53 Å². The van der Waals surface area contributed by atoms with Gasteiger partial charge in [-0.05, 0) is 38.5 Å². The standard InChI is InChI=1S/C13H20N2O2/c1-15(9-11-5-2-3-8-17-11)12(16)13(10-14)6-4-7-13/h11H,2-9H2,1H3. The van der Waals surface area contributed by atoms with Gasteiger partial charge in [0, 0.05) is 20.2 Å². The van der Waals surface area contributed by atoms with Gasteiger partial charge in [-0.1, -0.05) is 0 Å². The van der Waals surface area contributed by atoms with E-state index in [-0.39, 0.29) is 12.0 Å². The maximum atomic E-state index is 12.2. The topological polar surface area (TPSA) is 53.3 Å². The van der Waals surface area contributed by atoms with E-state index in [1.54, 1.807) is 11.9 Å². The third-order valence-electron chi connectivity index (χ3n) is 3.93. The van der Waals surface area contributed by atoms with Gasteiger partial charge in [0.1, 0.15) is 5.41 Å². The summed E-state index contributed by atoms with van der Waals surface area (Å²) in [7, 11) is 1.79. The first-order chi connectivity index (χ1) is 8.18. The minimum absolute atomic E-state index is 0.0135. The lowest BCUT2D eigenvalue weighted by Crippen LogP contribution is -2.48. The van der Waals surface area contributed by atoms with Crippen molar-refractivity contribution in [3.05, 3.63) is 0 Å². The molecule has 17 heavy (non-hydrogen) atoms. The lowest BCUT2D eigenvalue weighted by Gasteiger charge is -2.38. The summed E-state index contributed by atoms with van der Waals surface area (Å²) >= 11 is 0. The van der Waals surface area contributed by atoms with E-state index in [1.165, 1.54) is 6.42 Å². The third kappa shape index (κ3) is 2.44. The van der Waals surface area contributed by atoms with E-state index in [1.807, 2.05) is 0 Å². The number of carbonyl (C=O) groups is 1. The van der Waals surface area contributed by atoms with Gasteiger partial charge in [-0.3, -0.25) is 4.79 Å². The van der Waals surface area contributed by atoms with Crippen LogP contribution in [0.2, 0.25) is 0 Å². The van der Waals surface area contributed by atoms with Gasteiger partial charge in [-0.25, -0.2) is 0 Å². The number of ether oxygens (including phenoxy) is 1. The quantitative estimate of drug-likeness (QED) is 0.749. The summed E-state index contributed by atoms with van der Waals surface area (Å²) in [6.45, 7) is 1.43. The zero-order chi connectivity index (χ0) is 12.3. The molecule has 1 aliphatic heterocycles. The van der Waals surface area contributed by atoms with Crippen molar-refractivity contribution >= 4 is 5.91 Å². The Morgan fingerprint density at radius 2 is 2.24 bits per heavy atom. The van der Waals surface area contributed by atoms with Crippen molar-refractivity contribution in [1.29, 1.82) is 5.26 Å². The van der Waals surface area contributed by atoms with Crippen molar-refractivity contribution in [3.8, 4) is 6.07 Å². The van der Waals surface area contributed by atoms with Crippen molar-refractivity contribution in [2.24, 2.45) is 5.41 Å². The van der Waals surface area contributed by atoms with Gasteiger partial charge in [0.2, 0.25) is 5.91 Å². The molecule has 1 atom stereocenters. The zero-order valence-corrected chi connectivity index (χ0v) is 10.4. The number of hydrogen-bond acceptors (Lipinski definition) is 3. The summed E-state index contributed by atoms with van der Waals surface area (Å²) in [6.07, 6.45) is 5.92. The molecule has 1 aliphatic carbocycles. The van der Waals surface area contributed by atoms with Gasteiger partial charge in [0.25, 0.3) is 0 Å². The molecule has 1 saturated carbocycles. The molecular formula is C13H20N2O2. The minimum Gasteiger partial charge on any atom is -0.376 e. The summed E-state index contributed by atoms with van der Waals surface area (Å²) in [6, 6.07) is 2.20. The molecule has 4 nitrogen and oxygen atoms in total. The predicted molar refractivity (Wildman–Crippen MR) is 63.1 cm³/mol. The fourth-order valence-corrected chi connectivity index (χ4v) is 2.61. The second-order valence-electron chi connectivity index (χ2n) is 5.22. The molecule has 0 N–H and O–H groups in total. The SMILES string of the molecule is CN(CC1CCCCO1)C(=O)C1(C#N)CCC1. The Labute approximate surface area is 103 Å². The van der Waals surface area contributed by atoms with E-state index >= 15 is 0 Å². The number of rotatable bonds is 3. The van der Waals surface area contributed by atoms with Crippen molar-refractivity contribution in [1.82, 2.24) is 4.90 Å². The maximum Gasteiger partial charge on any atom is 0.242 e. The van der Waals surface area contributed by atoms with Crippen LogP contribution in [0.5, 0.6) is 0 Å². The van der Waals surface area contributed by atoms with Crippen molar-refractivity contribution in [3.63, 3.8) is 0 Å². The van der Waals surface area contributed by atoms with Crippen LogP contribution in [-0.2, 0) is 9.53 Å². The number of carbonyl (C=O) groups excluding carboxylic acids is 1. The van der Waals surface area contributed by atoms with Crippen molar-refractivity contribution in [2.45, 2.75) is 44.6 Å². The Balaban J connectivity index is 1.88. The molecule has 4 heteroatoms. The van der Waals surface area contributed by atoms with E-state index in [9.17, 15) is 4.79 Å². The van der Waals surface area contributed by atoms with Crippen LogP contribution in [0.1, 0.15) is 38.5 Å². The highest BCUT2D eigenvalue weighted by atomic mass is 16.5. The second-order valence-corrected chi connectivity index (χ2v) is 5.22. The summed E-state index contributed by atoms with van der Waals surface area (Å²) < 4.78 is 5.62. The monoisotopic (exact) mass is 236 g/mol. The van der Waals surface area contributed by atoms with Crippen LogP contribution in [0, 0.1) is 16.7 Å². The summed E-state index contributed by atoms with van der Waals surface area (Å²) in [5, 5.41) is 9.13. The lowest BCUT2D eigenvalue weighted by molar-refractivity contribution is -0.143. The molecule has 2 aliphatic rings. The van der Waals surface area contributed by atoms with Crippen molar-refractivity contribution in [2.75, 3.05) is 20.2 Å². The highest BCUT2D eigenvalue weighted by Crippen LogP contribution is 2.41. The Bertz CT molecular complexity index is 325. The Morgan fingerprint density at radius 1 is 1.47 bits per heavy atom. The van der Waals surface area contributed by atoms with E-state index in [0.29, 0.717) is 6.54 Å². The number of hydrogen-bond donors (Lipinski definition) is 0. The van der Waals surface area contributed by atoms with Gasteiger partial charge in [0.05, 0.1) is 12.2 Å². The number of likely N-dealkylation sites (N-methyl/N-ethyl adjacent to an activating group) is 1. The Kier molecular flexibility index (Phi) is 3.68. The fraction of sp³-hybridized carbons (Fsp3) is 0.846. The summed E-state index contributed by atoms with van der Waals surface area (Å²) in [5.74, 6) is -0.0135. The first-order valence-electron chi connectivity index (χ1n) is 6.46. The highest BCUT2D eigenvalue weighted by molar-refractivity contribution is 5.86. The molecule has 1 unspecified atom stereocenters. The van der Waals surface area contributed by atoms with E-state index in [2.05, 4.69) is 6.07 Å². The van der Waals surface area contributed by atoms with Gasteiger partial charge in [-0.2, -0.15) is 5.26 Å².